The van der Waals surface area contributed by atoms with Gasteiger partial charge in [0, 0.05) is 13.1 Å². The van der Waals surface area contributed by atoms with Crippen molar-refractivity contribution in [2.45, 2.75) is 26.2 Å². The van der Waals surface area contributed by atoms with Crippen LogP contribution in [0.25, 0.3) is 0 Å². The van der Waals surface area contributed by atoms with Gasteiger partial charge in [0.2, 0.25) is 0 Å². The minimum absolute atomic E-state index is 0.109. The van der Waals surface area contributed by atoms with Gasteiger partial charge in [0.15, 0.2) is 0 Å². The summed E-state index contributed by atoms with van der Waals surface area (Å²) in [4.78, 5) is 16.9. The molecule has 2 heterocycles. The molecule has 17 heavy (non-hydrogen) atoms. The van der Waals surface area contributed by atoms with Gasteiger partial charge in [-0.15, -0.1) is 0 Å². The fourth-order valence-corrected chi connectivity index (χ4v) is 2.30. The van der Waals surface area contributed by atoms with E-state index >= 15 is 0 Å². The van der Waals surface area contributed by atoms with Crippen molar-refractivity contribution in [1.82, 2.24) is 4.98 Å². The lowest BCUT2D eigenvalue weighted by molar-refractivity contribution is 0.0690. The monoisotopic (exact) mass is 234 g/mol. The van der Waals surface area contributed by atoms with E-state index in [1.165, 1.54) is 19.3 Å². The zero-order chi connectivity index (χ0) is 12.3. The second-order valence-corrected chi connectivity index (χ2v) is 4.55. The Balaban J connectivity index is 2.01. The van der Waals surface area contributed by atoms with Gasteiger partial charge in [0.1, 0.15) is 5.69 Å². The smallest absolute Gasteiger partial charge is 0.354 e. The number of carbonyl (C=O) groups is 1. The summed E-state index contributed by atoms with van der Waals surface area (Å²) < 4.78 is 0. The summed E-state index contributed by atoms with van der Waals surface area (Å²) in [5.41, 5.74) is 1.14. The molecule has 0 spiro atoms. The van der Waals surface area contributed by atoms with Gasteiger partial charge in [0.25, 0.3) is 0 Å². The maximum Gasteiger partial charge on any atom is 0.354 e. The van der Waals surface area contributed by atoms with E-state index in [1.807, 2.05) is 6.07 Å². The molecule has 0 unspecified atom stereocenters. The molecule has 1 aromatic rings. The van der Waals surface area contributed by atoms with E-state index < -0.39 is 5.97 Å². The van der Waals surface area contributed by atoms with E-state index in [4.69, 9.17) is 5.11 Å². The number of nitrogens with zero attached hydrogens (tertiary/aromatic N) is 2. The number of pyridine rings is 1. The van der Waals surface area contributed by atoms with Crippen LogP contribution in [-0.2, 0) is 0 Å². The second kappa shape index (κ2) is 5.17. The molecular formula is C13H18N2O2. The summed E-state index contributed by atoms with van der Waals surface area (Å²) in [5, 5.41) is 8.78. The van der Waals surface area contributed by atoms with Gasteiger partial charge in [-0.05, 0) is 30.9 Å². The highest BCUT2D eigenvalue weighted by atomic mass is 16.4. The molecule has 1 aliphatic rings. The van der Waals surface area contributed by atoms with E-state index in [2.05, 4.69) is 16.8 Å². The molecule has 0 amide bonds. The highest BCUT2D eigenvalue weighted by Gasteiger charge is 2.18. The predicted molar refractivity (Wildman–Crippen MR) is 66.4 cm³/mol. The summed E-state index contributed by atoms with van der Waals surface area (Å²) in [5.74, 6) is -0.126. The first-order chi connectivity index (χ1) is 8.20. The molecule has 4 nitrogen and oxygen atoms in total. The number of aromatic carboxylic acids is 1. The molecule has 0 saturated carbocycles. The standard InChI is InChI=1S/C13H18N2O2/c1-2-10-5-7-15(8-6-10)11-3-4-12(13(16)17)14-9-11/h3-4,9-10H,2,5-8H2,1H3,(H,16,17). The fourth-order valence-electron chi connectivity index (χ4n) is 2.30. The Morgan fingerprint density at radius 2 is 2.18 bits per heavy atom. The lowest BCUT2D eigenvalue weighted by Gasteiger charge is -2.33. The maximum absolute atomic E-state index is 10.7. The number of rotatable bonds is 3. The summed E-state index contributed by atoms with van der Waals surface area (Å²) in [6.45, 7) is 4.34. The molecule has 0 radical (unpaired) electrons. The predicted octanol–water partition coefficient (Wildman–Crippen LogP) is 2.41. The van der Waals surface area contributed by atoms with Crippen molar-refractivity contribution in [3.05, 3.63) is 24.0 Å². The molecule has 0 bridgehead atoms. The van der Waals surface area contributed by atoms with Crippen LogP contribution in [0.5, 0.6) is 0 Å². The van der Waals surface area contributed by atoms with E-state index in [1.54, 1.807) is 12.3 Å². The van der Waals surface area contributed by atoms with Crippen LogP contribution in [0, 0.1) is 5.92 Å². The second-order valence-electron chi connectivity index (χ2n) is 4.55. The highest BCUT2D eigenvalue weighted by Crippen LogP contribution is 2.24. The van der Waals surface area contributed by atoms with Crippen molar-refractivity contribution in [2.75, 3.05) is 18.0 Å². The first-order valence-electron chi connectivity index (χ1n) is 6.15. The van der Waals surface area contributed by atoms with E-state index in [0.717, 1.165) is 24.7 Å². The van der Waals surface area contributed by atoms with E-state index in [9.17, 15) is 4.79 Å². The SMILES string of the molecule is CCC1CCN(c2ccc(C(=O)O)nc2)CC1. The lowest BCUT2D eigenvalue weighted by atomic mass is 9.94. The highest BCUT2D eigenvalue weighted by molar-refractivity contribution is 5.85. The molecule has 1 fully saturated rings. The molecule has 1 saturated heterocycles. The Morgan fingerprint density at radius 1 is 1.47 bits per heavy atom. The third kappa shape index (κ3) is 2.75. The van der Waals surface area contributed by atoms with Crippen molar-refractivity contribution in [2.24, 2.45) is 5.92 Å². The van der Waals surface area contributed by atoms with Crippen LogP contribution < -0.4 is 4.90 Å². The number of hydrogen-bond acceptors (Lipinski definition) is 3. The number of carboxylic acid groups (broad SMARTS) is 1. The summed E-state index contributed by atoms with van der Waals surface area (Å²) >= 11 is 0. The Hall–Kier alpha value is -1.58. The van der Waals surface area contributed by atoms with Gasteiger partial charge < -0.3 is 10.0 Å². The summed E-state index contributed by atoms with van der Waals surface area (Å²) in [6, 6.07) is 3.42. The molecule has 0 atom stereocenters. The van der Waals surface area contributed by atoms with Crippen LogP contribution >= 0.6 is 0 Å². The topological polar surface area (TPSA) is 53.4 Å². The quantitative estimate of drug-likeness (QED) is 0.872. The Morgan fingerprint density at radius 3 is 2.65 bits per heavy atom. The van der Waals surface area contributed by atoms with Crippen LogP contribution in [-0.4, -0.2) is 29.1 Å². The minimum Gasteiger partial charge on any atom is -0.477 e. The van der Waals surface area contributed by atoms with Gasteiger partial charge >= 0.3 is 5.97 Å². The van der Waals surface area contributed by atoms with Gasteiger partial charge in [-0.25, -0.2) is 9.78 Å². The number of aromatic nitrogens is 1. The molecular weight excluding hydrogens is 216 g/mol. The Labute approximate surface area is 101 Å². The van der Waals surface area contributed by atoms with Crippen LogP contribution in [0.2, 0.25) is 0 Å². The van der Waals surface area contributed by atoms with E-state index in [-0.39, 0.29) is 5.69 Å². The zero-order valence-corrected chi connectivity index (χ0v) is 10.1. The first-order valence-corrected chi connectivity index (χ1v) is 6.15. The van der Waals surface area contributed by atoms with Crippen molar-refractivity contribution < 1.29 is 9.90 Å². The van der Waals surface area contributed by atoms with Gasteiger partial charge in [-0.3, -0.25) is 0 Å². The summed E-state index contributed by atoms with van der Waals surface area (Å²) in [7, 11) is 0. The van der Waals surface area contributed by atoms with Crippen molar-refractivity contribution in [3.63, 3.8) is 0 Å². The largest absolute Gasteiger partial charge is 0.477 e. The normalized spacial score (nSPS) is 17.1. The lowest BCUT2D eigenvalue weighted by Crippen LogP contribution is -2.33. The number of hydrogen-bond donors (Lipinski definition) is 1. The van der Waals surface area contributed by atoms with Crippen molar-refractivity contribution in [1.29, 1.82) is 0 Å². The van der Waals surface area contributed by atoms with Crippen LogP contribution in [0.3, 0.4) is 0 Å². The molecule has 1 N–H and O–H groups in total. The molecule has 0 aromatic carbocycles. The van der Waals surface area contributed by atoms with Crippen LogP contribution in [0.15, 0.2) is 18.3 Å². The zero-order valence-electron chi connectivity index (χ0n) is 10.1. The molecule has 4 heteroatoms. The molecule has 92 valence electrons. The number of anilines is 1. The van der Waals surface area contributed by atoms with Crippen molar-refractivity contribution >= 4 is 11.7 Å². The van der Waals surface area contributed by atoms with Crippen LogP contribution in [0.1, 0.15) is 36.7 Å². The number of piperidine rings is 1. The molecule has 0 aliphatic carbocycles. The van der Waals surface area contributed by atoms with Crippen LogP contribution in [0.4, 0.5) is 5.69 Å². The third-order valence-electron chi connectivity index (χ3n) is 3.52. The molecule has 1 aromatic heterocycles. The van der Waals surface area contributed by atoms with Gasteiger partial charge in [0.05, 0.1) is 11.9 Å². The Kier molecular flexibility index (Phi) is 3.61. The third-order valence-corrected chi connectivity index (χ3v) is 3.52. The van der Waals surface area contributed by atoms with Crippen molar-refractivity contribution in [3.8, 4) is 0 Å². The van der Waals surface area contributed by atoms with Gasteiger partial charge in [-0.1, -0.05) is 13.3 Å². The molecule has 1 aliphatic heterocycles. The average Bonchev–Trinajstić information content (AvgIpc) is 2.39. The number of carboxylic acids is 1. The minimum atomic E-state index is -0.971. The average molecular weight is 234 g/mol. The Bertz CT molecular complexity index is 381. The summed E-state index contributed by atoms with van der Waals surface area (Å²) in [6.07, 6.45) is 5.36. The first kappa shape index (κ1) is 11.9. The molecule has 2 rings (SSSR count). The maximum atomic E-state index is 10.7. The van der Waals surface area contributed by atoms with E-state index in [0.29, 0.717) is 0 Å². The fraction of sp³-hybridized carbons (Fsp3) is 0.538. The van der Waals surface area contributed by atoms with Gasteiger partial charge in [-0.2, -0.15) is 0 Å².